The third kappa shape index (κ3) is 4.19. The Morgan fingerprint density at radius 2 is 1.50 bits per heavy atom. The molecule has 0 atom stereocenters. The standard InChI is InChI=1S/C18H23NO/c1-18(2,12-13-20)19-14-15-8-10-17(11-9-15)16-6-4-3-5-7-16/h3-11,19-20H,12-14H2,1-2H3. The average Bonchev–Trinajstić information content (AvgIpc) is 2.47. The summed E-state index contributed by atoms with van der Waals surface area (Å²) in [6, 6.07) is 19.0. The van der Waals surface area contributed by atoms with E-state index in [0.29, 0.717) is 0 Å². The minimum atomic E-state index is -0.0349. The van der Waals surface area contributed by atoms with E-state index in [1.54, 1.807) is 0 Å². The number of rotatable bonds is 6. The number of aliphatic hydroxyl groups is 1. The zero-order chi connectivity index (χ0) is 14.4. The van der Waals surface area contributed by atoms with Gasteiger partial charge >= 0.3 is 0 Å². The minimum Gasteiger partial charge on any atom is -0.396 e. The van der Waals surface area contributed by atoms with E-state index >= 15 is 0 Å². The smallest absolute Gasteiger partial charge is 0.0448 e. The number of hydrogen-bond donors (Lipinski definition) is 2. The van der Waals surface area contributed by atoms with Crippen LogP contribution in [0.2, 0.25) is 0 Å². The molecule has 0 heterocycles. The molecule has 0 aliphatic carbocycles. The lowest BCUT2D eigenvalue weighted by atomic mass is 10.00. The molecular formula is C18H23NO. The molecule has 0 amide bonds. The maximum Gasteiger partial charge on any atom is 0.0448 e. The summed E-state index contributed by atoms with van der Waals surface area (Å²) < 4.78 is 0. The molecule has 106 valence electrons. The van der Waals surface area contributed by atoms with E-state index in [-0.39, 0.29) is 12.1 Å². The normalized spacial score (nSPS) is 11.6. The Kier molecular flexibility index (Phi) is 4.94. The molecule has 0 saturated heterocycles. The van der Waals surface area contributed by atoms with Gasteiger partial charge in [-0.25, -0.2) is 0 Å². The second-order valence-electron chi connectivity index (χ2n) is 5.77. The summed E-state index contributed by atoms with van der Waals surface area (Å²) in [6.07, 6.45) is 0.759. The number of aliphatic hydroxyl groups excluding tert-OH is 1. The van der Waals surface area contributed by atoms with Crippen molar-refractivity contribution in [3.8, 4) is 11.1 Å². The Labute approximate surface area is 121 Å². The van der Waals surface area contributed by atoms with E-state index in [0.717, 1.165) is 13.0 Å². The summed E-state index contributed by atoms with van der Waals surface area (Å²) in [4.78, 5) is 0. The van der Waals surface area contributed by atoms with E-state index in [1.807, 2.05) is 6.07 Å². The van der Waals surface area contributed by atoms with Crippen LogP contribution in [-0.2, 0) is 6.54 Å². The predicted octanol–water partition coefficient (Wildman–Crippen LogP) is 3.60. The quantitative estimate of drug-likeness (QED) is 0.839. The van der Waals surface area contributed by atoms with Gasteiger partial charge in [-0.15, -0.1) is 0 Å². The van der Waals surface area contributed by atoms with Gasteiger partial charge in [0.25, 0.3) is 0 Å². The van der Waals surface area contributed by atoms with Crippen LogP contribution >= 0.6 is 0 Å². The van der Waals surface area contributed by atoms with Gasteiger partial charge in [0.15, 0.2) is 0 Å². The highest BCUT2D eigenvalue weighted by atomic mass is 16.3. The zero-order valence-electron chi connectivity index (χ0n) is 12.3. The first kappa shape index (κ1) is 14.8. The second-order valence-corrected chi connectivity index (χ2v) is 5.77. The molecule has 0 saturated carbocycles. The molecule has 0 radical (unpaired) electrons. The van der Waals surface area contributed by atoms with Gasteiger partial charge in [-0.2, -0.15) is 0 Å². The molecule has 0 aliphatic heterocycles. The highest BCUT2D eigenvalue weighted by Gasteiger charge is 2.15. The Morgan fingerprint density at radius 3 is 2.10 bits per heavy atom. The first-order valence-corrected chi connectivity index (χ1v) is 7.11. The molecule has 2 aromatic rings. The van der Waals surface area contributed by atoms with Crippen LogP contribution in [0, 0.1) is 0 Å². The van der Waals surface area contributed by atoms with Crippen molar-refractivity contribution in [3.63, 3.8) is 0 Å². The van der Waals surface area contributed by atoms with Crippen LogP contribution in [0.15, 0.2) is 54.6 Å². The van der Waals surface area contributed by atoms with Crippen molar-refractivity contribution in [1.29, 1.82) is 0 Å². The Balaban J connectivity index is 1.99. The van der Waals surface area contributed by atoms with Crippen molar-refractivity contribution in [3.05, 3.63) is 60.2 Å². The fraction of sp³-hybridized carbons (Fsp3) is 0.333. The first-order chi connectivity index (χ1) is 9.61. The van der Waals surface area contributed by atoms with Crippen molar-refractivity contribution in [2.45, 2.75) is 32.4 Å². The molecule has 0 bridgehead atoms. The summed E-state index contributed by atoms with van der Waals surface area (Å²) >= 11 is 0. The van der Waals surface area contributed by atoms with Crippen LogP contribution in [0.5, 0.6) is 0 Å². The molecule has 2 aromatic carbocycles. The lowest BCUT2D eigenvalue weighted by Gasteiger charge is -2.25. The zero-order valence-corrected chi connectivity index (χ0v) is 12.3. The number of benzene rings is 2. The summed E-state index contributed by atoms with van der Waals surface area (Å²) in [5.74, 6) is 0. The van der Waals surface area contributed by atoms with Crippen LogP contribution in [0.25, 0.3) is 11.1 Å². The monoisotopic (exact) mass is 269 g/mol. The van der Waals surface area contributed by atoms with Crippen LogP contribution in [0.4, 0.5) is 0 Å². The van der Waals surface area contributed by atoms with E-state index in [4.69, 9.17) is 5.11 Å². The van der Waals surface area contributed by atoms with Gasteiger partial charge in [0.1, 0.15) is 0 Å². The molecule has 2 rings (SSSR count). The molecule has 2 heteroatoms. The van der Waals surface area contributed by atoms with Crippen LogP contribution in [0.1, 0.15) is 25.8 Å². The van der Waals surface area contributed by atoms with Gasteiger partial charge in [-0.3, -0.25) is 0 Å². The van der Waals surface area contributed by atoms with Crippen LogP contribution in [0.3, 0.4) is 0 Å². The highest BCUT2D eigenvalue weighted by Crippen LogP contribution is 2.19. The topological polar surface area (TPSA) is 32.3 Å². The van der Waals surface area contributed by atoms with Gasteiger partial charge < -0.3 is 10.4 Å². The fourth-order valence-electron chi connectivity index (χ4n) is 2.15. The maximum absolute atomic E-state index is 9.02. The third-order valence-electron chi connectivity index (χ3n) is 3.57. The number of nitrogens with one attached hydrogen (secondary N) is 1. The van der Waals surface area contributed by atoms with Gasteiger partial charge in [-0.05, 0) is 37.0 Å². The summed E-state index contributed by atoms with van der Waals surface area (Å²) in [5, 5.41) is 12.5. The molecule has 0 spiro atoms. The summed E-state index contributed by atoms with van der Waals surface area (Å²) in [6.45, 7) is 5.26. The van der Waals surface area contributed by atoms with Crippen molar-refractivity contribution < 1.29 is 5.11 Å². The number of hydrogen-bond acceptors (Lipinski definition) is 2. The molecule has 0 aromatic heterocycles. The van der Waals surface area contributed by atoms with Gasteiger partial charge in [-0.1, -0.05) is 54.6 Å². The van der Waals surface area contributed by atoms with Gasteiger partial charge in [0.05, 0.1) is 0 Å². The Bertz CT molecular complexity index is 517. The largest absolute Gasteiger partial charge is 0.396 e. The Hall–Kier alpha value is -1.64. The third-order valence-corrected chi connectivity index (χ3v) is 3.57. The minimum absolute atomic E-state index is 0.0349. The van der Waals surface area contributed by atoms with Crippen molar-refractivity contribution in [1.82, 2.24) is 5.32 Å². The molecule has 0 aliphatic rings. The maximum atomic E-state index is 9.02. The molecule has 0 fully saturated rings. The molecule has 0 unspecified atom stereocenters. The van der Waals surface area contributed by atoms with Crippen molar-refractivity contribution >= 4 is 0 Å². The summed E-state index contributed by atoms with van der Waals surface area (Å²) in [7, 11) is 0. The van der Waals surface area contributed by atoms with E-state index in [9.17, 15) is 0 Å². The highest BCUT2D eigenvalue weighted by molar-refractivity contribution is 5.63. The van der Waals surface area contributed by atoms with Gasteiger partial charge in [0, 0.05) is 18.7 Å². The predicted molar refractivity (Wildman–Crippen MR) is 84.5 cm³/mol. The van der Waals surface area contributed by atoms with Crippen molar-refractivity contribution in [2.24, 2.45) is 0 Å². The molecule has 2 nitrogen and oxygen atoms in total. The lowest BCUT2D eigenvalue weighted by molar-refractivity contribution is 0.230. The first-order valence-electron chi connectivity index (χ1n) is 7.11. The SMILES string of the molecule is CC(C)(CCO)NCc1ccc(-c2ccccc2)cc1. The average molecular weight is 269 g/mol. The Morgan fingerprint density at radius 1 is 0.900 bits per heavy atom. The fourth-order valence-corrected chi connectivity index (χ4v) is 2.15. The lowest BCUT2D eigenvalue weighted by Crippen LogP contribution is -2.39. The van der Waals surface area contributed by atoms with E-state index in [2.05, 4.69) is 67.7 Å². The second kappa shape index (κ2) is 6.69. The molecule has 20 heavy (non-hydrogen) atoms. The van der Waals surface area contributed by atoms with Crippen LogP contribution in [-0.4, -0.2) is 17.3 Å². The van der Waals surface area contributed by atoms with Crippen LogP contribution < -0.4 is 5.32 Å². The van der Waals surface area contributed by atoms with Crippen molar-refractivity contribution in [2.75, 3.05) is 6.61 Å². The van der Waals surface area contributed by atoms with E-state index in [1.165, 1.54) is 16.7 Å². The van der Waals surface area contributed by atoms with E-state index < -0.39 is 0 Å². The molecular weight excluding hydrogens is 246 g/mol. The summed E-state index contributed by atoms with van der Waals surface area (Å²) in [5.41, 5.74) is 3.71. The van der Waals surface area contributed by atoms with Gasteiger partial charge in [0.2, 0.25) is 0 Å². The molecule has 2 N–H and O–H groups in total.